The second kappa shape index (κ2) is 4.51. The van der Waals surface area contributed by atoms with Gasteiger partial charge in [0.25, 0.3) is 11.8 Å². The maximum Gasteiger partial charge on any atom is 0.276 e. The van der Waals surface area contributed by atoms with Crippen LogP contribution in [-0.4, -0.2) is 22.9 Å². The summed E-state index contributed by atoms with van der Waals surface area (Å²) in [5.41, 5.74) is 3.79. The van der Waals surface area contributed by atoms with E-state index >= 15 is 0 Å². The molecule has 1 aromatic rings. The number of amides is 2. The van der Waals surface area contributed by atoms with Gasteiger partial charge >= 0.3 is 0 Å². The molecule has 2 rings (SSSR count). The molecule has 0 spiro atoms. The summed E-state index contributed by atoms with van der Waals surface area (Å²) >= 11 is 0. The lowest BCUT2D eigenvalue weighted by Crippen LogP contribution is -2.46. The molecule has 1 atom stereocenters. The van der Waals surface area contributed by atoms with E-state index in [0.717, 1.165) is 5.01 Å². The molecule has 0 saturated carbocycles. The van der Waals surface area contributed by atoms with Crippen LogP contribution in [0.4, 0.5) is 0 Å². The maximum atomic E-state index is 12.0. The van der Waals surface area contributed by atoms with Crippen molar-refractivity contribution in [2.75, 3.05) is 0 Å². The Kier molecular flexibility index (Phi) is 3.06. The zero-order chi connectivity index (χ0) is 12.4. The summed E-state index contributed by atoms with van der Waals surface area (Å²) in [6.07, 6.45) is 3.75. The average Bonchev–Trinajstić information content (AvgIpc) is 2.56. The summed E-state index contributed by atoms with van der Waals surface area (Å²) in [7, 11) is 0. The molecule has 1 unspecified atom stereocenters. The van der Waals surface area contributed by atoms with Gasteiger partial charge in [-0.05, 0) is 26.0 Å². The number of rotatable bonds is 3. The van der Waals surface area contributed by atoms with E-state index in [9.17, 15) is 9.59 Å². The van der Waals surface area contributed by atoms with Crippen LogP contribution in [0.5, 0.6) is 0 Å². The Hall–Kier alpha value is -1.94. The molecule has 2 amide bonds. The number of fused-ring (bicyclic) bond motifs is 1. The fraction of sp³-hybridized carbons (Fsp3) is 0.231. The Morgan fingerprint density at radius 2 is 1.71 bits per heavy atom. The fourth-order valence-electron chi connectivity index (χ4n) is 1.84. The smallest absolute Gasteiger partial charge is 0.267 e. The first-order valence-corrected chi connectivity index (χ1v) is 5.52. The Balaban J connectivity index is 2.24. The maximum absolute atomic E-state index is 12.0. The number of benzene rings is 1. The Morgan fingerprint density at radius 1 is 1.18 bits per heavy atom. The van der Waals surface area contributed by atoms with Crippen LogP contribution in [0.15, 0.2) is 36.4 Å². The molecule has 4 heteroatoms. The molecule has 0 fully saturated rings. The zero-order valence-electron chi connectivity index (χ0n) is 9.81. The summed E-state index contributed by atoms with van der Waals surface area (Å²) in [6, 6.07) is 6.77. The summed E-state index contributed by atoms with van der Waals surface area (Å²) in [4.78, 5) is 23.9. The van der Waals surface area contributed by atoms with Crippen LogP contribution in [0.3, 0.4) is 0 Å². The first-order valence-electron chi connectivity index (χ1n) is 5.52. The van der Waals surface area contributed by atoms with E-state index in [1.54, 1.807) is 24.3 Å². The predicted octanol–water partition coefficient (Wildman–Crippen LogP) is 1.75. The number of nitrogens with one attached hydrogen (secondary N) is 1. The first-order chi connectivity index (χ1) is 8.15. The molecule has 1 aliphatic rings. The normalized spacial score (nSPS) is 16.7. The highest BCUT2D eigenvalue weighted by atomic mass is 16.2. The first kappa shape index (κ1) is 11.5. The third-order valence-corrected chi connectivity index (χ3v) is 2.61. The van der Waals surface area contributed by atoms with Crippen LogP contribution >= 0.6 is 0 Å². The van der Waals surface area contributed by atoms with Crippen molar-refractivity contribution in [3.8, 4) is 0 Å². The quantitative estimate of drug-likeness (QED) is 0.635. The molecule has 1 N–H and O–H groups in total. The highest BCUT2D eigenvalue weighted by Gasteiger charge is 2.35. The zero-order valence-corrected chi connectivity index (χ0v) is 9.81. The molecule has 0 aromatic heterocycles. The monoisotopic (exact) mass is 230 g/mol. The van der Waals surface area contributed by atoms with E-state index in [1.165, 1.54) is 0 Å². The molecule has 0 bridgehead atoms. The fourth-order valence-corrected chi connectivity index (χ4v) is 1.84. The number of carbonyl (C=O) groups excluding carboxylic acids is 2. The van der Waals surface area contributed by atoms with Gasteiger partial charge in [0, 0.05) is 6.04 Å². The van der Waals surface area contributed by atoms with E-state index in [2.05, 4.69) is 5.43 Å². The van der Waals surface area contributed by atoms with Gasteiger partial charge < -0.3 is 0 Å². The third-order valence-electron chi connectivity index (χ3n) is 2.61. The number of hydrazine groups is 1. The van der Waals surface area contributed by atoms with Gasteiger partial charge in [0.05, 0.1) is 11.1 Å². The molecular weight excluding hydrogens is 216 g/mol. The van der Waals surface area contributed by atoms with Crippen molar-refractivity contribution in [3.05, 3.63) is 47.5 Å². The highest BCUT2D eigenvalue weighted by Crippen LogP contribution is 2.20. The number of hydrogen-bond acceptors (Lipinski definition) is 3. The number of nitrogens with zero attached hydrogens (tertiary/aromatic N) is 1. The number of allylic oxidation sites excluding steroid dienone is 1. The second-order valence-electron chi connectivity index (χ2n) is 3.93. The minimum atomic E-state index is -0.290. The van der Waals surface area contributed by atoms with Gasteiger partial charge in [0.15, 0.2) is 0 Å². The van der Waals surface area contributed by atoms with E-state index < -0.39 is 0 Å². The molecule has 1 aliphatic heterocycles. The van der Waals surface area contributed by atoms with Gasteiger partial charge in [-0.1, -0.05) is 24.3 Å². The Labute approximate surface area is 99.9 Å². The third kappa shape index (κ3) is 1.99. The van der Waals surface area contributed by atoms with Crippen LogP contribution in [0, 0.1) is 0 Å². The van der Waals surface area contributed by atoms with Gasteiger partial charge in [0.2, 0.25) is 0 Å². The van der Waals surface area contributed by atoms with Crippen LogP contribution in [-0.2, 0) is 0 Å². The number of hydrogen-bond donors (Lipinski definition) is 1. The highest BCUT2D eigenvalue weighted by molar-refractivity contribution is 6.20. The van der Waals surface area contributed by atoms with Crippen molar-refractivity contribution < 1.29 is 9.59 Å². The van der Waals surface area contributed by atoms with Crippen molar-refractivity contribution in [3.63, 3.8) is 0 Å². The van der Waals surface area contributed by atoms with Crippen LogP contribution in [0.25, 0.3) is 0 Å². The molecule has 1 aromatic carbocycles. The van der Waals surface area contributed by atoms with Crippen LogP contribution in [0.2, 0.25) is 0 Å². The summed E-state index contributed by atoms with van der Waals surface area (Å²) in [5.74, 6) is -0.580. The standard InChI is InChI=1S/C13H14N2O2/c1-3-6-9(2)14-15-12(16)10-7-4-5-8-11(10)13(15)17/h3-9,14H,1-2H3. The molecule has 1 heterocycles. The molecule has 17 heavy (non-hydrogen) atoms. The topological polar surface area (TPSA) is 49.4 Å². The molecule has 4 nitrogen and oxygen atoms in total. The summed E-state index contributed by atoms with van der Waals surface area (Å²) in [5, 5.41) is 1.08. The number of imide groups is 1. The second-order valence-corrected chi connectivity index (χ2v) is 3.93. The van der Waals surface area contributed by atoms with E-state index in [-0.39, 0.29) is 17.9 Å². The van der Waals surface area contributed by atoms with Crippen LogP contribution in [0.1, 0.15) is 34.6 Å². The van der Waals surface area contributed by atoms with Crippen molar-refractivity contribution in [2.45, 2.75) is 19.9 Å². The van der Waals surface area contributed by atoms with Crippen LogP contribution < -0.4 is 5.43 Å². The van der Waals surface area contributed by atoms with Gasteiger partial charge in [-0.2, -0.15) is 0 Å². The summed E-state index contributed by atoms with van der Waals surface area (Å²) < 4.78 is 0. The molecule has 0 aliphatic carbocycles. The molecular formula is C13H14N2O2. The minimum Gasteiger partial charge on any atom is -0.267 e. The van der Waals surface area contributed by atoms with Gasteiger partial charge in [-0.25, -0.2) is 10.4 Å². The molecule has 88 valence electrons. The summed E-state index contributed by atoms with van der Waals surface area (Å²) in [6.45, 7) is 3.77. The lowest BCUT2D eigenvalue weighted by Gasteiger charge is -2.18. The average molecular weight is 230 g/mol. The van der Waals surface area contributed by atoms with Gasteiger partial charge in [0.1, 0.15) is 0 Å². The SMILES string of the molecule is CC=CC(C)NN1C(=O)c2ccccc2C1=O. The van der Waals surface area contributed by atoms with Crippen molar-refractivity contribution >= 4 is 11.8 Å². The Morgan fingerprint density at radius 3 is 2.18 bits per heavy atom. The van der Waals surface area contributed by atoms with Gasteiger partial charge in [-0.15, -0.1) is 0 Å². The molecule has 0 saturated heterocycles. The lowest BCUT2D eigenvalue weighted by molar-refractivity contribution is 0.0552. The van der Waals surface area contributed by atoms with E-state index in [0.29, 0.717) is 11.1 Å². The lowest BCUT2D eigenvalue weighted by atomic mass is 10.1. The minimum absolute atomic E-state index is 0.0674. The predicted molar refractivity (Wildman–Crippen MR) is 64.4 cm³/mol. The van der Waals surface area contributed by atoms with Crippen molar-refractivity contribution in [1.82, 2.24) is 10.4 Å². The van der Waals surface area contributed by atoms with E-state index in [4.69, 9.17) is 0 Å². The van der Waals surface area contributed by atoms with Crippen molar-refractivity contribution in [1.29, 1.82) is 0 Å². The number of carbonyl (C=O) groups is 2. The molecule has 0 radical (unpaired) electrons. The van der Waals surface area contributed by atoms with Gasteiger partial charge in [-0.3, -0.25) is 9.59 Å². The van der Waals surface area contributed by atoms with E-state index in [1.807, 2.05) is 26.0 Å². The Bertz CT molecular complexity index is 459. The largest absolute Gasteiger partial charge is 0.276 e. The van der Waals surface area contributed by atoms with Crippen molar-refractivity contribution in [2.24, 2.45) is 0 Å².